The van der Waals surface area contributed by atoms with Crippen molar-refractivity contribution in [2.45, 2.75) is 19.6 Å². The molecular formula is C15H17N3O3S. The molecule has 3 heterocycles. The van der Waals surface area contributed by atoms with E-state index in [2.05, 4.69) is 0 Å². The number of fused-ring (bicyclic) bond motifs is 1. The number of aromatic nitrogens is 1. The normalized spacial score (nSPS) is 17.4. The number of thiophene rings is 1. The fourth-order valence-corrected chi connectivity index (χ4v) is 4.06. The van der Waals surface area contributed by atoms with Crippen LogP contribution in [0.2, 0.25) is 0 Å². The van der Waals surface area contributed by atoms with Gasteiger partial charge in [-0.2, -0.15) is 0 Å². The van der Waals surface area contributed by atoms with Crippen molar-refractivity contribution in [2.24, 2.45) is 12.8 Å². The second-order valence-corrected chi connectivity index (χ2v) is 6.49. The van der Waals surface area contributed by atoms with Crippen molar-refractivity contribution in [1.82, 2.24) is 9.47 Å². The van der Waals surface area contributed by atoms with E-state index in [-0.39, 0.29) is 5.91 Å². The fourth-order valence-electron chi connectivity index (χ4n) is 2.89. The van der Waals surface area contributed by atoms with Gasteiger partial charge in [0.05, 0.1) is 4.88 Å². The van der Waals surface area contributed by atoms with Crippen LogP contribution in [0.3, 0.4) is 0 Å². The maximum Gasteiger partial charge on any atom is 0.272 e. The lowest BCUT2D eigenvalue weighted by Crippen LogP contribution is -2.40. The number of rotatable bonds is 2. The van der Waals surface area contributed by atoms with Gasteiger partial charge in [-0.15, -0.1) is 11.3 Å². The number of carbonyl (C=O) groups is 2. The van der Waals surface area contributed by atoms with Gasteiger partial charge in [-0.05, 0) is 31.0 Å². The SMILES string of the molecule is Cc1c(C(N)=O)sc2c1C(O)N(C(=O)c1cccn1C)CC2. The van der Waals surface area contributed by atoms with Gasteiger partial charge in [0, 0.05) is 30.2 Å². The van der Waals surface area contributed by atoms with Crippen LogP contribution in [-0.2, 0) is 13.5 Å². The van der Waals surface area contributed by atoms with Gasteiger partial charge < -0.3 is 20.3 Å². The molecule has 1 unspecified atom stereocenters. The van der Waals surface area contributed by atoms with Gasteiger partial charge in [-0.3, -0.25) is 9.59 Å². The number of amides is 2. The summed E-state index contributed by atoms with van der Waals surface area (Å²) in [5.74, 6) is -0.721. The standard InChI is InChI=1S/C15H17N3O3S/c1-8-11-10(22-12(8)13(16)19)5-7-18(15(11)21)14(20)9-4-3-6-17(9)2/h3-4,6,15,21H,5,7H2,1-2H3,(H2,16,19). The number of primary amides is 1. The summed E-state index contributed by atoms with van der Waals surface area (Å²) in [7, 11) is 1.79. The van der Waals surface area contributed by atoms with Gasteiger partial charge in [0.1, 0.15) is 5.69 Å². The lowest BCUT2D eigenvalue weighted by Gasteiger charge is -2.33. The molecule has 7 heteroatoms. The van der Waals surface area contributed by atoms with E-state index in [1.54, 1.807) is 36.9 Å². The van der Waals surface area contributed by atoms with Crippen LogP contribution in [0.1, 0.15) is 42.4 Å². The Hall–Kier alpha value is -2.12. The number of carbonyl (C=O) groups excluding carboxylic acids is 2. The smallest absolute Gasteiger partial charge is 0.272 e. The second-order valence-electron chi connectivity index (χ2n) is 5.38. The first-order valence-electron chi connectivity index (χ1n) is 6.94. The molecule has 0 aliphatic carbocycles. The monoisotopic (exact) mass is 319 g/mol. The lowest BCUT2D eigenvalue weighted by molar-refractivity contribution is 0.000617. The molecule has 2 aromatic heterocycles. The van der Waals surface area contributed by atoms with Crippen LogP contribution in [0.15, 0.2) is 18.3 Å². The number of aliphatic hydroxyl groups excluding tert-OH is 1. The molecule has 116 valence electrons. The largest absolute Gasteiger partial charge is 0.369 e. The number of aryl methyl sites for hydroxylation is 1. The van der Waals surface area contributed by atoms with E-state index in [0.717, 1.165) is 4.88 Å². The molecule has 2 aromatic rings. The predicted octanol–water partition coefficient (Wildman–Crippen LogP) is 1.18. The summed E-state index contributed by atoms with van der Waals surface area (Å²) in [5, 5.41) is 10.6. The molecule has 1 atom stereocenters. The minimum absolute atomic E-state index is 0.225. The molecule has 0 saturated carbocycles. The molecule has 0 fully saturated rings. The van der Waals surface area contributed by atoms with Crippen LogP contribution in [0.5, 0.6) is 0 Å². The third kappa shape index (κ3) is 2.13. The summed E-state index contributed by atoms with van der Waals surface area (Å²) in [4.78, 5) is 26.9. The third-order valence-electron chi connectivity index (χ3n) is 4.05. The summed E-state index contributed by atoms with van der Waals surface area (Å²) in [6.07, 6.45) is 1.35. The van der Waals surface area contributed by atoms with E-state index in [9.17, 15) is 14.7 Å². The van der Waals surface area contributed by atoms with Gasteiger partial charge in [-0.1, -0.05) is 0 Å². The van der Waals surface area contributed by atoms with Gasteiger partial charge in [0.2, 0.25) is 0 Å². The van der Waals surface area contributed by atoms with Crippen molar-refractivity contribution in [2.75, 3.05) is 6.54 Å². The number of nitrogens with zero attached hydrogens (tertiary/aromatic N) is 2. The zero-order chi connectivity index (χ0) is 16.0. The molecular weight excluding hydrogens is 302 g/mol. The van der Waals surface area contributed by atoms with E-state index in [4.69, 9.17) is 5.73 Å². The first-order valence-corrected chi connectivity index (χ1v) is 7.75. The summed E-state index contributed by atoms with van der Waals surface area (Å²) in [5.41, 5.74) is 7.21. The van der Waals surface area contributed by atoms with Crippen molar-refractivity contribution >= 4 is 23.2 Å². The maximum absolute atomic E-state index is 12.6. The minimum Gasteiger partial charge on any atom is -0.369 e. The molecule has 0 saturated heterocycles. The molecule has 1 aliphatic heterocycles. The highest BCUT2D eigenvalue weighted by molar-refractivity contribution is 7.14. The molecule has 1 aliphatic rings. The summed E-state index contributed by atoms with van der Waals surface area (Å²) in [6.45, 7) is 2.17. The molecule has 0 bridgehead atoms. The van der Waals surface area contributed by atoms with Gasteiger partial charge in [0.15, 0.2) is 6.23 Å². The van der Waals surface area contributed by atoms with Crippen LogP contribution in [0.25, 0.3) is 0 Å². The quantitative estimate of drug-likeness (QED) is 0.871. The highest BCUT2D eigenvalue weighted by Gasteiger charge is 2.34. The topological polar surface area (TPSA) is 88.6 Å². The Morgan fingerprint density at radius 2 is 2.18 bits per heavy atom. The number of aliphatic hydroxyl groups is 1. The first-order chi connectivity index (χ1) is 10.4. The lowest BCUT2D eigenvalue weighted by atomic mass is 10.0. The van der Waals surface area contributed by atoms with Crippen molar-refractivity contribution in [1.29, 1.82) is 0 Å². The minimum atomic E-state index is -1.05. The molecule has 0 spiro atoms. The number of nitrogens with two attached hydrogens (primary N) is 1. The summed E-state index contributed by atoms with van der Waals surface area (Å²) in [6, 6.07) is 3.51. The Labute approximate surface area is 131 Å². The Kier molecular flexibility index (Phi) is 3.54. The highest BCUT2D eigenvalue weighted by atomic mass is 32.1. The average molecular weight is 319 g/mol. The molecule has 2 amide bonds. The van der Waals surface area contributed by atoms with Crippen molar-refractivity contribution < 1.29 is 14.7 Å². The van der Waals surface area contributed by atoms with Crippen LogP contribution in [-0.4, -0.2) is 32.9 Å². The van der Waals surface area contributed by atoms with E-state index in [1.807, 2.05) is 0 Å². The van der Waals surface area contributed by atoms with Gasteiger partial charge in [0.25, 0.3) is 11.8 Å². The van der Waals surface area contributed by atoms with E-state index >= 15 is 0 Å². The molecule has 0 aromatic carbocycles. The molecule has 0 radical (unpaired) electrons. The molecule has 6 nitrogen and oxygen atoms in total. The second kappa shape index (κ2) is 5.26. The van der Waals surface area contributed by atoms with Crippen LogP contribution in [0, 0.1) is 6.92 Å². The van der Waals surface area contributed by atoms with E-state index < -0.39 is 12.1 Å². The van der Waals surface area contributed by atoms with Crippen molar-refractivity contribution in [3.05, 3.63) is 44.9 Å². The van der Waals surface area contributed by atoms with E-state index in [1.165, 1.54) is 16.2 Å². The zero-order valence-corrected chi connectivity index (χ0v) is 13.2. The van der Waals surface area contributed by atoms with E-state index in [0.29, 0.717) is 34.7 Å². The number of hydrogen-bond acceptors (Lipinski definition) is 4. The summed E-state index contributed by atoms with van der Waals surface area (Å²) < 4.78 is 1.72. The van der Waals surface area contributed by atoms with Crippen LogP contribution < -0.4 is 5.73 Å². The fraction of sp³-hybridized carbons (Fsp3) is 0.333. The van der Waals surface area contributed by atoms with Crippen molar-refractivity contribution in [3.63, 3.8) is 0 Å². The first kappa shape index (κ1) is 14.8. The Morgan fingerprint density at radius 1 is 1.45 bits per heavy atom. The van der Waals surface area contributed by atoms with Crippen LogP contribution >= 0.6 is 11.3 Å². The molecule has 3 N–H and O–H groups in total. The predicted molar refractivity (Wildman–Crippen MR) is 82.7 cm³/mol. The zero-order valence-electron chi connectivity index (χ0n) is 12.4. The Bertz CT molecular complexity index is 762. The summed E-state index contributed by atoms with van der Waals surface area (Å²) >= 11 is 1.31. The molecule has 22 heavy (non-hydrogen) atoms. The van der Waals surface area contributed by atoms with Crippen molar-refractivity contribution in [3.8, 4) is 0 Å². The Morgan fingerprint density at radius 3 is 2.77 bits per heavy atom. The average Bonchev–Trinajstić information content (AvgIpc) is 3.03. The van der Waals surface area contributed by atoms with Crippen LogP contribution in [0.4, 0.5) is 0 Å². The third-order valence-corrected chi connectivity index (χ3v) is 5.43. The van der Waals surface area contributed by atoms with Gasteiger partial charge in [-0.25, -0.2) is 0 Å². The van der Waals surface area contributed by atoms with Gasteiger partial charge >= 0.3 is 0 Å². The maximum atomic E-state index is 12.6. The number of hydrogen-bond donors (Lipinski definition) is 2. The highest BCUT2D eigenvalue weighted by Crippen LogP contribution is 2.38. The molecule has 3 rings (SSSR count). The Balaban J connectivity index is 1.98.